The smallest absolute Gasteiger partial charge is 0.266 e. The number of benzene rings is 1. The predicted octanol–water partition coefficient (Wildman–Crippen LogP) is 5.28. The minimum atomic E-state index is -0.102. The van der Waals surface area contributed by atoms with E-state index in [4.69, 9.17) is 21.9 Å². The van der Waals surface area contributed by atoms with E-state index in [1.54, 1.807) is 34.4 Å². The number of furan rings is 1. The predicted molar refractivity (Wildman–Crippen MR) is 112 cm³/mol. The molecule has 4 rings (SSSR count). The van der Waals surface area contributed by atoms with E-state index in [9.17, 15) is 4.79 Å². The van der Waals surface area contributed by atoms with Crippen LogP contribution in [0.25, 0.3) is 17.4 Å². The van der Waals surface area contributed by atoms with Gasteiger partial charge in [-0.3, -0.25) is 9.69 Å². The van der Waals surface area contributed by atoms with Crippen LogP contribution in [0.1, 0.15) is 16.2 Å². The summed E-state index contributed by atoms with van der Waals surface area (Å²) in [4.78, 5) is 15.9. The second-order valence-electron chi connectivity index (χ2n) is 5.74. The van der Waals surface area contributed by atoms with Crippen molar-refractivity contribution in [2.45, 2.75) is 6.54 Å². The monoisotopic (exact) mass is 408 g/mol. The first-order valence-electron chi connectivity index (χ1n) is 8.02. The second kappa shape index (κ2) is 7.53. The van der Waals surface area contributed by atoms with E-state index in [-0.39, 0.29) is 5.91 Å². The van der Waals surface area contributed by atoms with Gasteiger partial charge in [0.25, 0.3) is 5.91 Å². The summed E-state index contributed by atoms with van der Waals surface area (Å²) in [5, 5.41) is 10.9. The van der Waals surface area contributed by atoms with Crippen molar-refractivity contribution in [2.24, 2.45) is 0 Å². The average Bonchev–Trinajstić information content (AvgIpc) is 3.41. The Hall–Kier alpha value is -2.66. The Bertz CT molecular complexity index is 1070. The molecule has 1 aromatic carbocycles. The van der Waals surface area contributed by atoms with Crippen molar-refractivity contribution in [3.05, 3.63) is 75.0 Å². The highest BCUT2D eigenvalue weighted by Gasteiger charge is 2.32. The first-order valence-corrected chi connectivity index (χ1v) is 10.1. The van der Waals surface area contributed by atoms with Crippen LogP contribution in [0.3, 0.4) is 0 Å². The number of hydrogen-bond donors (Lipinski definition) is 0. The first kappa shape index (κ1) is 17.7. The van der Waals surface area contributed by atoms with Gasteiger partial charge in [-0.15, -0.1) is 11.3 Å². The minimum absolute atomic E-state index is 0.102. The fourth-order valence-corrected chi connectivity index (χ4v) is 4.55. The van der Waals surface area contributed by atoms with Gasteiger partial charge in [0.1, 0.15) is 15.8 Å². The van der Waals surface area contributed by atoms with Gasteiger partial charge in [0.15, 0.2) is 0 Å². The summed E-state index contributed by atoms with van der Waals surface area (Å²) in [5.41, 5.74) is 1.47. The quantitative estimate of drug-likeness (QED) is 0.434. The van der Waals surface area contributed by atoms with Gasteiger partial charge in [0.2, 0.25) is 0 Å². The molecule has 0 N–H and O–H groups in total. The molecule has 132 valence electrons. The zero-order valence-corrected chi connectivity index (χ0v) is 16.4. The molecule has 0 unspecified atom stereocenters. The van der Waals surface area contributed by atoms with Gasteiger partial charge in [-0.1, -0.05) is 30.0 Å². The summed E-state index contributed by atoms with van der Waals surface area (Å²) in [6.07, 6.45) is 1.72. The molecule has 0 spiro atoms. The third-order valence-electron chi connectivity index (χ3n) is 3.97. The van der Waals surface area contributed by atoms with E-state index in [0.29, 0.717) is 32.9 Å². The lowest BCUT2D eigenvalue weighted by Crippen LogP contribution is -2.26. The molecule has 2 aromatic heterocycles. The third-order valence-corrected chi connectivity index (χ3v) is 6.21. The third kappa shape index (κ3) is 3.74. The van der Waals surface area contributed by atoms with E-state index in [1.807, 2.05) is 41.8 Å². The molecule has 3 aromatic rings. The van der Waals surface area contributed by atoms with Crippen LogP contribution in [0.5, 0.6) is 0 Å². The van der Waals surface area contributed by atoms with Crippen molar-refractivity contribution in [3.63, 3.8) is 0 Å². The molecule has 1 fully saturated rings. The number of rotatable bonds is 4. The van der Waals surface area contributed by atoms with Gasteiger partial charge in [0, 0.05) is 16.5 Å². The first-order chi connectivity index (χ1) is 13.1. The number of carbonyl (C=O) groups is 1. The molecular weight excluding hydrogens is 396 g/mol. The Morgan fingerprint density at radius 2 is 2.00 bits per heavy atom. The Morgan fingerprint density at radius 1 is 1.19 bits per heavy atom. The lowest BCUT2D eigenvalue weighted by molar-refractivity contribution is -0.122. The average molecular weight is 409 g/mol. The van der Waals surface area contributed by atoms with Crippen LogP contribution in [-0.4, -0.2) is 15.1 Å². The zero-order valence-electron chi connectivity index (χ0n) is 13.9. The van der Waals surface area contributed by atoms with Gasteiger partial charge >= 0.3 is 0 Å². The standard InChI is InChI=1S/C20H12N2O2S3/c21-11-13-3-5-14(6-4-13)17-8-7-15(24-17)10-18-19(23)22(20(25)27-18)12-16-2-1-9-26-16/h1-10H,12H2/b18-10-. The van der Waals surface area contributed by atoms with Gasteiger partial charge in [0.05, 0.1) is 23.1 Å². The van der Waals surface area contributed by atoms with E-state index in [1.165, 1.54) is 11.8 Å². The molecule has 0 bridgehead atoms. The van der Waals surface area contributed by atoms with Crippen LogP contribution in [0.4, 0.5) is 0 Å². The maximum absolute atomic E-state index is 12.7. The lowest BCUT2D eigenvalue weighted by Gasteiger charge is -2.12. The molecule has 1 amide bonds. The largest absolute Gasteiger partial charge is 0.457 e. The molecule has 0 aliphatic carbocycles. The number of amides is 1. The summed E-state index contributed by atoms with van der Waals surface area (Å²) in [6.45, 7) is 0.494. The maximum atomic E-state index is 12.7. The summed E-state index contributed by atoms with van der Waals surface area (Å²) in [6, 6.07) is 16.9. The molecule has 0 radical (unpaired) electrons. The summed E-state index contributed by atoms with van der Waals surface area (Å²) >= 11 is 8.25. The fraction of sp³-hybridized carbons (Fsp3) is 0.0500. The summed E-state index contributed by atoms with van der Waals surface area (Å²) in [7, 11) is 0. The topological polar surface area (TPSA) is 57.2 Å². The number of nitriles is 1. The van der Waals surface area contributed by atoms with Crippen molar-refractivity contribution in [1.29, 1.82) is 5.26 Å². The summed E-state index contributed by atoms with van der Waals surface area (Å²) < 4.78 is 6.40. The van der Waals surface area contributed by atoms with E-state index < -0.39 is 0 Å². The second-order valence-corrected chi connectivity index (χ2v) is 8.45. The van der Waals surface area contributed by atoms with Crippen molar-refractivity contribution >= 4 is 51.6 Å². The highest BCUT2D eigenvalue weighted by Crippen LogP contribution is 2.35. The molecule has 7 heteroatoms. The van der Waals surface area contributed by atoms with Crippen LogP contribution in [0.2, 0.25) is 0 Å². The number of thiophene rings is 1. The molecule has 1 aliphatic rings. The van der Waals surface area contributed by atoms with Gasteiger partial charge in [-0.2, -0.15) is 5.26 Å². The number of thioether (sulfide) groups is 1. The Kier molecular flexibility index (Phi) is 4.94. The Morgan fingerprint density at radius 3 is 2.70 bits per heavy atom. The van der Waals surface area contributed by atoms with E-state index in [0.717, 1.165) is 10.4 Å². The molecule has 1 aliphatic heterocycles. The zero-order chi connectivity index (χ0) is 18.8. The molecule has 4 nitrogen and oxygen atoms in total. The number of carbonyl (C=O) groups excluding carboxylic acids is 1. The van der Waals surface area contributed by atoms with Crippen LogP contribution < -0.4 is 0 Å². The molecule has 3 heterocycles. The van der Waals surface area contributed by atoms with E-state index >= 15 is 0 Å². The molecular formula is C20H12N2O2S3. The van der Waals surface area contributed by atoms with Crippen molar-refractivity contribution < 1.29 is 9.21 Å². The van der Waals surface area contributed by atoms with Crippen LogP contribution >= 0.6 is 35.3 Å². The summed E-state index contributed by atoms with van der Waals surface area (Å²) in [5.74, 6) is 1.17. The molecule has 27 heavy (non-hydrogen) atoms. The van der Waals surface area contributed by atoms with Crippen LogP contribution in [0, 0.1) is 11.3 Å². The number of hydrogen-bond acceptors (Lipinski definition) is 6. The van der Waals surface area contributed by atoms with Gasteiger partial charge < -0.3 is 4.42 Å². The minimum Gasteiger partial charge on any atom is -0.457 e. The molecule has 0 atom stereocenters. The van der Waals surface area contributed by atoms with E-state index in [2.05, 4.69) is 6.07 Å². The maximum Gasteiger partial charge on any atom is 0.266 e. The Labute approximate surface area is 169 Å². The number of thiocarbonyl (C=S) groups is 1. The Balaban J connectivity index is 1.53. The molecule has 1 saturated heterocycles. The van der Waals surface area contributed by atoms with Crippen molar-refractivity contribution in [1.82, 2.24) is 4.90 Å². The normalized spacial score (nSPS) is 15.5. The highest BCUT2D eigenvalue weighted by atomic mass is 32.2. The van der Waals surface area contributed by atoms with Crippen molar-refractivity contribution in [3.8, 4) is 17.4 Å². The van der Waals surface area contributed by atoms with Crippen molar-refractivity contribution in [2.75, 3.05) is 0 Å². The lowest BCUT2D eigenvalue weighted by atomic mass is 10.1. The highest BCUT2D eigenvalue weighted by molar-refractivity contribution is 8.26. The molecule has 0 saturated carbocycles. The van der Waals surface area contributed by atoms with Gasteiger partial charge in [-0.05, 0) is 47.8 Å². The van der Waals surface area contributed by atoms with Crippen LogP contribution in [0.15, 0.2) is 63.2 Å². The van der Waals surface area contributed by atoms with Gasteiger partial charge in [-0.25, -0.2) is 0 Å². The SMILES string of the molecule is N#Cc1ccc(-c2ccc(/C=C3\SC(=S)N(Cc4cccs4)C3=O)o2)cc1. The fourth-order valence-electron chi connectivity index (χ4n) is 2.62. The van der Waals surface area contributed by atoms with Crippen LogP contribution in [-0.2, 0) is 11.3 Å². The number of nitrogens with zero attached hydrogens (tertiary/aromatic N) is 2.